The largest absolute Gasteiger partial charge is 0.497 e. The van der Waals surface area contributed by atoms with Crippen molar-refractivity contribution in [2.45, 2.75) is 19.3 Å². The molecule has 2 aromatic rings. The van der Waals surface area contributed by atoms with Gasteiger partial charge < -0.3 is 19.1 Å². The smallest absolute Gasteiger partial charge is 0.270 e. The van der Waals surface area contributed by atoms with Gasteiger partial charge in [-0.2, -0.15) is 0 Å². The molecule has 152 valence electrons. The van der Waals surface area contributed by atoms with Crippen LogP contribution < -0.4 is 4.74 Å². The first kappa shape index (κ1) is 20.7. The monoisotopic (exact) mass is 403 g/mol. The van der Waals surface area contributed by atoms with Gasteiger partial charge in [0.2, 0.25) is 0 Å². The highest BCUT2D eigenvalue weighted by molar-refractivity contribution is 6.31. The Bertz CT molecular complexity index is 788. The van der Waals surface area contributed by atoms with Crippen molar-refractivity contribution in [3.05, 3.63) is 52.8 Å². The summed E-state index contributed by atoms with van der Waals surface area (Å²) in [5.74, 6) is 1.44. The lowest BCUT2D eigenvalue weighted by Crippen LogP contribution is -2.42. The summed E-state index contributed by atoms with van der Waals surface area (Å²) in [7, 11) is 5.44. The molecule has 0 bridgehead atoms. The molecular weight excluding hydrogens is 374 g/mol. The zero-order valence-electron chi connectivity index (χ0n) is 17.0. The average molecular weight is 404 g/mol. The number of hydrogen-bond acceptors (Lipinski definition) is 3. The lowest BCUT2D eigenvalue weighted by Gasteiger charge is -2.34. The molecule has 1 aromatic carbocycles. The highest BCUT2D eigenvalue weighted by Gasteiger charge is 2.24. The molecule has 0 unspecified atom stereocenters. The minimum atomic E-state index is 0.0322. The fourth-order valence-corrected chi connectivity index (χ4v) is 4.24. The molecule has 0 radical (unpaired) electrons. The summed E-state index contributed by atoms with van der Waals surface area (Å²) < 4.78 is 7.02. The predicted octanol–water partition coefficient (Wildman–Crippen LogP) is 3.71. The molecule has 6 heteroatoms. The molecule has 1 fully saturated rings. The van der Waals surface area contributed by atoms with E-state index < -0.39 is 0 Å². The van der Waals surface area contributed by atoms with Crippen molar-refractivity contribution in [1.82, 2.24) is 14.4 Å². The highest BCUT2D eigenvalue weighted by atomic mass is 35.5. The maximum atomic E-state index is 12.7. The Labute approximate surface area is 172 Å². The van der Waals surface area contributed by atoms with Gasteiger partial charge in [0.25, 0.3) is 5.91 Å². The van der Waals surface area contributed by atoms with Crippen molar-refractivity contribution in [3.8, 4) is 5.75 Å². The molecule has 28 heavy (non-hydrogen) atoms. The van der Waals surface area contributed by atoms with E-state index in [-0.39, 0.29) is 5.91 Å². The number of piperidine rings is 1. The molecular formula is C22H30ClN3O2. The van der Waals surface area contributed by atoms with Crippen LogP contribution in [0.15, 0.2) is 36.5 Å². The van der Waals surface area contributed by atoms with Crippen LogP contribution in [0.5, 0.6) is 5.75 Å². The van der Waals surface area contributed by atoms with Gasteiger partial charge in [-0.15, -0.1) is 0 Å². The Morgan fingerprint density at radius 1 is 1.32 bits per heavy atom. The molecule has 1 saturated heterocycles. The van der Waals surface area contributed by atoms with Crippen molar-refractivity contribution in [2.75, 3.05) is 40.3 Å². The predicted molar refractivity (Wildman–Crippen MR) is 113 cm³/mol. The van der Waals surface area contributed by atoms with Crippen LogP contribution in [0.2, 0.25) is 5.02 Å². The molecule has 0 N–H and O–H groups in total. The number of rotatable bonds is 7. The van der Waals surface area contributed by atoms with Gasteiger partial charge in [0.05, 0.1) is 12.1 Å². The van der Waals surface area contributed by atoms with E-state index in [2.05, 4.69) is 17.0 Å². The second-order valence-electron chi connectivity index (χ2n) is 7.75. The van der Waals surface area contributed by atoms with E-state index in [1.807, 2.05) is 31.1 Å². The van der Waals surface area contributed by atoms with Crippen molar-refractivity contribution in [2.24, 2.45) is 13.0 Å². The van der Waals surface area contributed by atoms with Crippen LogP contribution in [0, 0.1) is 5.92 Å². The summed E-state index contributed by atoms with van der Waals surface area (Å²) >= 11 is 6.02. The summed E-state index contributed by atoms with van der Waals surface area (Å²) in [6.07, 6.45) is 5.16. The van der Waals surface area contributed by atoms with Crippen LogP contribution in [0.25, 0.3) is 0 Å². The van der Waals surface area contributed by atoms with E-state index in [0.717, 1.165) is 38.3 Å². The molecule has 3 rings (SSSR count). The lowest BCUT2D eigenvalue weighted by atomic mass is 9.97. The van der Waals surface area contributed by atoms with Gasteiger partial charge in [-0.1, -0.05) is 23.7 Å². The van der Waals surface area contributed by atoms with Crippen LogP contribution in [-0.4, -0.2) is 60.6 Å². The van der Waals surface area contributed by atoms with Gasteiger partial charge in [-0.05, 0) is 55.5 Å². The van der Waals surface area contributed by atoms with E-state index in [1.165, 1.54) is 18.4 Å². The Balaban J connectivity index is 1.49. The first-order valence-corrected chi connectivity index (χ1v) is 10.3. The van der Waals surface area contributed by atoms with Crippen molar-refractivity contribution < 1.29 is 9.53 Å². The maximum absolute atomic E-state index is 12.7. The zero-order valence-corrected chi connectivity index (χ0v) is 17.8. The molecule has 1 amide bonds. The lowest BCUT2D eigenvalue weighted by molar-refractivity contribution is 0.0721. The van der Waals surface area contributed by atoms with Crippen molar-refractivity contribution in [1.29, 1.82) is 0 Å². The minimum absolute atomic E-state index is 0.0322. The number of ether oxygens (including phenoxy) is 1. The summed E-state index contributed by atoms with van der Waals surface area (Å²) in [4.78, 5) is 17.1. The number of hydrogen-bond donors (Lipinski definition) is 0. The number of carbonyl (C=O) groups is 1. The van der Waals surface area contributed by atoms with Crippen LogP contribution in [0.3, 0.4) is 0 Å². The summed E-state index contributed by atoms with van der Waals surface area (Å²) in [5, 5.41) is 0.599. The van der Waals surface area contributed by atoms with Crippen LogP contribution in [0.1, 0.15) is 28.9 Å². The van der Waals surface area contributed by atoms with Crippen LogP contribution in [-0.2, 0) is 13.5 Å². The van der Waals surface area contributed by atoms with E-state index in [9.17, 15) is 4.79 Å². The van der Waals surface area contributed by atoms with E-state index in [4.69, 9.17) is 16.3 Å². The number of halogens is 1. The molecule has 2 heterocycles. The maximum Gasteiger partial charge on any atom is 0.270 e. The van der Waals surface area contributed by atoms with Gasteiger partial charge in [0.1, 0.15) is 11.4 Å². The Morgan fingerprint density at radius 3 is 2.71 bits per heavy atom. The number of amides is 1. The third-order valence-electron chi connectivity index (χ3n) is 5.55. The van der Waals surface area contributed by atoms with Crippen LogP contribution >= 0.6 is 11.6 Å². The number of nitrogens with zero attached hydrogens (tertiary/aromatic N) is 3. The number of benzene rings is 1. The fraction of sp³-hybridized carbons (Fsp3) is 0.500. The Hall–Kier alpha value is -1.98. The van der Waals surface area contributed by atoms with E-state index in [1.54, 1.807) is 23.9 Å². The Morgan fingerprint density at radius 2 is 2.07 bits per heavy atom. The number of aromatic nitrogens is 1. The number of carbonyl (C=O) groups excluding carboxylic acids is 1. The molecule has 0 aliphatic carbocycles. The van der Waals surface area contributed by atoms with E-state index in [0.29, 0.717) is 16.6 Å². The molecule has 0 spiro atoms. The van der Waals surface area contributed by atoms with Gasteiger partial charge in [-0.25, -0.2) is 0 Å². The van der Waals surface area contributed by atoms with Crippen molar-refractivity contribution >= 4 is 17.5 Å². The standard InChI is InChI=1S/C22H30ClN3O2/c1-24-16-19(23)13-21(24)22(27)25(2)14-18-5-4-11-26(15-18)12-10-17-6-8-20(28-3)9-7-17/h6-9,13,16,18H,4-5,10-12,14-15H2,1-3H3/t18-/m1/s1. The molecule has 1 aromatic heterocycles. The minimum Gasteiger partial charge on any atom is -0.497 e. The normalized spacial score (nSPS) is 17.5. The van der Waals surface area contributed by atoms with Crippen LogP contribution in [0.4, 0.5) is 0 Å². The summed E-state index contributed by atoms with van der Waals surface area (Å²) in [5.41, 5.74) is 1.97. The zero-order chi connectivity index (χ0) is 20.1. The quantitative estimate of drug-likeness (QED) is 0.707. The van der Waals surface area contributed by atoms with Gasteiger partial charge in [0.15, 0.2) is 0 Å². The SMILES string of the molecule is COc1ccc(CCN2CCC[C@H](CN(C)C(=O)c3cc(Cl)cn3C)C2)cc1. The van der Waals surface area contributed by atoms with Gasteiger partial charge in [0, 0.05) is 39.9 Å². The molecule has 5 nitrogen and oxygen atoms in total. The molecule has 1 atom stereocenters. The number of likely N-dealkylation sites (tertiary alicyclic amines) is 1. The van der Waals surface area contributed by atoms with Gasteiger partial charge >= 0.3 is 0 Å². The fourth-order valence-electron chi connectivity index (χ4n) is 3.99. The molecule has 1 aliphatic heterocycles. The second kappa shape index (κ2) is 9.48. The Kier molecular flexibility index (Phi) is 7.03. The average Bonchev–Trinajstić information content (AvgIpc) is 3.04. The topological polar surface area (TPSA) is 37.7 Å². The second-order valence-corrected chi connectivity index (χ2v) is 8.18. The summed E-state index contributed by atoms with van der Waals surface area (Å²) in [6, 6.07) is 10.0. The summed E-state index contributed by atoms with van der Waals surface area (Å²) in [6.45, 7) is 4.01. The third-order valence-corrected chi connectivity index (χ3v) is 5.76. The third kappa shape index (κ3) is 5.30. The first-order chi connectivity index (χ1) is 13.5. The number of aryl methyl sites for hydroxylation is 1. The van der Waals surface area contributed by atoms with Gasteiger partial charge in [-0.3, -0.25) is 4.79 Å². The first-order valence-electron chi connectivity index (χ1n) is 9.89. The highest BCUT2D eigenvalue weighted by Crippen LogP contribution is 2.20. The molecule has 0 saturated carbocycles. The molecule has 1 aliphatic rings. The van der Waals surface area contributed by atoms with Crippen molar-refractivity contribution in [3.63, 3.8) is 0 Å². The number of methoxy groups -OCH3 is 1. The van der Waals surface area contributed by atoms with E-state index >= 15 is 0 Å².